The smallest absolute Gasteiger partial charge is 0.153 e. The van der Waals surface area contributed by atoms with Crippen LogP contribution in [0.15, 0.2) is 24.3 Å². The van der Waals surface area contributed by atoms with Gasteiger partial charge in [-0.1, -0.05) is 52.5 Å². The van der Waals surface area contributed by atoms with Crippen molar-refractivity contribution in [2.24, 2.45) is 0 Å². The zero-order chi connectivity index (χ0) is 14.3. The maximum atomic E-state index is 6.29. The average molecular weight is 328 g/mol. The van der Waals surface area contributed by atoms with Gasteiger partial charge in [0.15, 0.2) is 5.82 Å². The topological polar surface area (TPSA) is 16.1 Å². The van der Waals surface area contributed by atoms with Crippen LogP contribution in [-0.4, -0.2) is 11.5 Å². The molecule has 1 aromatic carbocycles. The van der Waals surface area contributed by atoms with Gasteiger partial charge in [0.1, 0.15) is 5.15 Å². The summed E-state index contributed by atoms with van der Waals surface area (Å²) in [6.45, 7) is 2.98. The number of hydrogen-bond acceptors (Lipinski definition) is 2. The summed E-state index contributed by atoms with van der Waals surface area (Å²) in [6.07, 6.45) is 2.14. The molecule has 1 aromatic heterocycles. The fourth-order valence-corrected chi connectivity index (χ4v) is 3.17. The van der Waals surface area contributed by atoms with E-state index in [1.54, 1.807) is 6.07 Å². The molecule has 0 radical (unpaired) electrons. The Morgan fingerprint density at radius 3 is 2.70 bits per heavy atom. The normalized spacial score (nSPS) is 14.3. The van der Waals surface area contributed by atoms with E-state index in [1.165, 1.54) is 11.1 Å². The summed E-state index contributed by atoms with van der Waals surface area (Å²) in [6, 6.07) is 8.08. The van der Waals surface area contributed by atoms with Crippen molar-refractivity contribution in [1.29, 1.82) is 0 Å². The lowest BCUT2D eigenvalue weighted by Crippen LogP contribution is -2.25. The van der Waals surface area contributed by atoms with Gasteiger partial charge in [0.05, 0.1) is 10.0 Å². The van der Waals surface area contributed by atoms with Gasteiger partial charge < -0.3 is 4.90 Å². The summed E-state index contributed by atoms with van der Waals surface area (Å²) in [5, 5.41) is 1.18. The van der Waals surface area contributed by atoms with Crippen LogP contribution < -0.4 is 4.90 Å². The van der Waals surface area contributed by atoms with Crippen molar-refractivity contribution in [3.05, 3.63) is 50.6 Å². The molecule has 20 heavy (non-hydrogen) atoms. The van der Waals surface area contributed by atoms with Crippen LogP contribution in [0.25, 0.3) is 0 Å². The molecule has 1 aliphatic rings. The Morgan fingerprint density at radius 1 is 1.10 bits per heavy atom. The van der Waals surface area contributed by atoms with E-state index >= 15 is 0 Å². The zero-order valence-corrected chi connectivity index (χ0v) is 13.2. The van der Waals surface area contributed by atoms with E-state index < -0.39 is 0 Å². The molecular formula is C15H13Cl3N2. The molecule has 2 aromatic rings. The molecule has 0 spiro atoms. The fraction of sp³-hybridized carbons (Fsp3) is 0.267. The average Bonchev–Trinajstić information content (AvgIpc) is 2.42. The summed E-state index contributed by atoms with van der Waals surface area (Å²) in [4.78, 5) is 6.46. The largest absolute Gasteiger partial charge is 0.325 e. The van der Waals surface area contributed by atoms with Gasteiger partial charge in [-0.2, -0.15) is 0 Å². The Labute approximate surface area is 133 Å². The van der Waals surface area contributed by atoms with Crippen molar-refractivity contribution >= 4 is 46.3 Å². The standard InChI is InChI=1S/C15H13Cl3N2/c1-9-4-5-13-10(7-9)3-2-6-20(13)15-12(17)8-11(16)14(18)19-15/h4-5,7-8H,2-3,6H2,1H3. The van der Waals surface area contributed by atoms with Crippen LogP contribution in [0.2, 0.25) is 15.2 Å². The zero-order valence-electron chi connectivity index (χ0n) is 11.0. The van der Waals surface area contributed by atoms with Gasteiger partial charge in [0.25, 0.3) is 0 Å². The Balaban J connectivity index is 2.11. The third kappa shape index (κ3) is 2.48. The number of aromatic nitrogens is 1. The van der Waals surface area contributed by atoms with Crippen LogP contribution in [0.3, 0.4) is 0 Å². The van der Waals surface area contributed by atoms with Crippen molar-refractivity contribution in [3.8, 4) is 0 Å². The predicted octanol–water partition coefficient (Wildman–Crippen LogP) is 5.43. The van der Waals surface area contributed by atoms with Crippen LogP contribution in [0.1, 0.15) is 17.5 Å². The van der Waals surface area contributed by atoms with Crippen molar-refractivity contribution in [1.82, 2.24) is 4.98 Å². The number of aryl methyl sites for hydroxylation is 2. The number of pyridine rings is 1. The second-order valence-electron chi connectivity index (χ2n) is 4.95. The van der Waals surface area contributed by atoms with Gasteiger partial charge in [-0.25, -0.2) is 4.98 Å². The molecule has 0 N–H and O–H groups in total. The van der Waals surface area contributed by atoms with Gasteiger partial charge >= 0.3 is 0 Å². The molecule has 2 heterocycles. The van der Waals surface area contributed by atoms with Crippen LogP contribution >= 0.6 is 34.8 Å². The Morgan fingerprint density at radius 2 is 1.90 bits per heavy atom. The molecule has 3 rings (SSSR count). The molecule has 0 fully saturated rings. The molecule has 2 nitrogen and oxygen atoms in total. The summed E-state index contributed by atoms with van der Waals surface area (Å²) >= 11 is 18.3. The predicted molar refractivity (Wildman–Crippen MR) is 85.8 cm³/mol. The van der Waals surface area contributed by atoms with Crippen LogP contribution in [0.5, 0.6) is 0 Å². The van der Waals surface area contributed by atoms with Gasteiger partial charge in [0, 0.05) is 12.2 Å². The first-order valence-electron chi connectivity index (χ1n) is 6.45. The highest BCUT2D eigenvalue weighted by atomic mass is 35.5. The second-order valence-corrected chi connectivity index (χ2v) is 6.13. The summed E-state index contributed by atoms with van der Waals surface area (Å²) < 4.78 is 0. The first-order valence-corrected chi connectivity index (χ1v) is 7.58. The van der Waals surface area contributed by atoms with Gasteiger partial charge in [0.2, 0.25) is 0 Å². The molecule has 0 atom stereocenters. The van der Waals surface area contributed by atoms with Crippen molar-refractivity contribution in [3.63, 3.8) is 0 Å². The number of rotatable bonds is 1. The number of anilines is 2. The third-order valence-electron chi connectivity index (χ3n) is 3.48. The highest BCUT2D eigenvalue weighted by Crippen LogP contribution is 2.38. The number of hydrogen-bond donors (Lipinski definition) is 0. The number of benzene rings is 1. The monoisotopic (exact) mass is 326 g/mol. The highest BCUT2D eigenvalue weighted by Gasteiger charge is 2.22. The Hall–Kier alpha value is -0.960. The number of nitrogens with zero attached hydrogens (tertiary/aromatic N) is 2. The SMILES string of the molecule is Cc1ccc2c(c1)CCCN2c1nc(Cl)c(Cl)cc1Cl. The maximum Gasteiger partial charge on any atom is 0.153 e. The number of halogens is 3. The van der Waals surface area contributed by atoms with Gasteiger partial charge in [-0.3, -0.25) is 0 Å². The summed E-state index contributed by atoms with van der Waals surface area (Å²) in [5.41, 5.74) is 3.73. The van der Waals surface area contributed by atoms with Crippen LogP contribution in [-0.2, 0) is 6.42 Å². The maximum absolute atomic E-state index is 6.29. The minimum Gasteiger partial charge on any atom is -0.325 e. The minimum atomic E-state index is 0.283. The number of fused-ring (bicyclic) bond motifs is 1. The molecule has 0 bridgehead atoms. The van der Waals surface area contributed by atoms with E-state index in [2.05, 4.69) is 35.0 Å². The Kier molecular flexibility index (Phi) is 3.80. The first kappa shape index (κ1) is 14.0. The molecule has 0 saturated carbocycles. The molecule has 104 valence electrons. The molecule has 1 aliphatic heterocycles. The van der Waals surface area contributed by atoms with E-state index in [4.69, 9.17) is 34.8 Å². The minimum absolute atomic E-state index is 0.283. The summed E-state index contributed by atoms with van der Waals surface area (Å²) in [7, 11) is 0. The van der Waals surface area contributed by atoms with E-state index in [9.17, 15) is 0 Å². The van der Waals surface area contributed by atoms with E-state index in [-0.39, 0.29) is 5.15 Å². The Bertz CT molecular complexity index is 670. The van der Waals surface area contributed by atoms with E-state index in [0.29, 0.717) is 15.9 Å². The molecular weight excluding hydrogens is 315 g/mol. The van der Waals surface area contributed by atoms with E-state index in [0.717, 1.165) is 25.1 Å². The molecule has 5 heteroatoms. The van der Waals surface area contributed by atoms with Crippen molar-refractivity contribution < 1.29 is 0 Å². The summed E-state index contributed by atoms with van der Waals surface area (Å²) in [5.74, 6) is 0.672. The molecule has 0 amide bonds. The van der Waals surface area contributed by atoms with Crippen LogP contribution in [0.4, 0.5) is 11.5 Å². The van der Waals surface area contributed by atoms with Gasteiger partial charge in [-0.05, 0) is 37.5 Å². The van der Waals surface area contributed by atoms with Crippen molar-refractivity contribution in [2.75, 3.05) is 11.4 Å². The lowest BCUT2D eigenvalue weighted by molar-refractivity contribution is 0.759. The first-order chi connectivity index (χ1) is 9.56. The van der Waals surface area contributed by atoms with E-state index in [1.807, 2.05) is 0 Å². The fourth-order valence-electron chi connectivity index (χ4n) is 2.57. The molecule has 0 saturated heterocycles. The quantitative estimate of drug-likeness (QED) is 0.649. The highest BCUT2D eigenvalue weighted by molar-refractivity contribution is 6.43. The van der Waals surface area contributed by atoms with Gasteiger partial charge in [-0.15, -0.1) is 0 Å². The molecule has 0 unspecified atom stereocenters. The third-order valence-corrected chi connectivity index (χ3v) is 4.43. The molecule has 0 aliphatic carbocycles. The lowest BCUT2D eigenvalue weighted by Gasteiger charge is -2.31. The second kappa shape index (κ2) is 5.44. The lowest BCUT2D eigenvalue weighted by atomic mass is 9.99. The van der Waals surface area contributed by atoms with Crippen molar-refractivity contribution in [2.45, 2.75) is 19.8 Å². The van der Waals surface area contributed by atoms with Crippen LogP contribution in [0, 0.1) is 6.92 Å².